The number of nitrogens with one attached hydrogen (secondary N) is 1. The number of methoxy groups -OCH3 is 1. The van der Waals surface area contributed by atoms with Crippen LogP contribution in [0.25, 0.3) is 0 Å². The van der Waals surface area contributed by atoms with Crippen molar-refractivity contribution in [2.45, 2.75) is 25.4 Å². The van der Waals surface area contributed by atoms with Gasteiger partial charge in [-0.2, -0.15) is 5.10 Å². The largest absolute Gasteiger partial charge is 0.383 e. The fourth-order valence-electron chi connectivity index (χ4n) is 3.19. The number of piperidine rings is 1. The SMILES string of the molecule is COCCN(Cc1ccc(F)cc1Cl)C(=O)c1ccn(C2CCCNC2)n1. The van der Waals surface area contributed by atoms with Crippen LogP contribution in [0.2, 0.25) is 5.02 Å². The fourth-order valence-corrected chi connectivity index (χ4v) is 3.41. The van der Waals surface area contributed by atoms with Gasteiger partial charge < -0.3 is 15.0 Å². The van der Waals surface area contributed by atoms with Gasteiger partial charge in [0.15, 0.2) is 0 Å². The van der Waals surface area contributed by atoms with Crippen molar-refractivity contribution in [3.05, 3.63) is 52.6 Å². The molecule has 1 aliphatic rings. The number of carbonyl (C=O) groups is 1. The molecule has 0 saturated carbocycles. The molecule has 1 fully saturated rings. The molecule has 1 aromatic carbocycles. The number of amides is 1. The molecule has 27 heavy (non-hydrogen) atoms. The Labute approximate surface area is 163 Å². The molecule has 1 unspecified atom stereocenters. The van der Waals surface area contributed by atoms with Crippen LogP contribution in [0.15, 0.2) is 30.5 Å². The van der Waals surface area contributed by atoms with E-state index in [1.807, 2.05) is 10.9 Å². The second-order valence-corrected chi connectivity index (χ2v) is 7.04. The summed E-state index contributed by atoms with van der Waals surface area (Å²) < 4.78 is 20.3. The summed E-state index contributed by atoms with van der Waals surface area (Å²) in [7, 11) is 1.58. The highest BCUT2D eigenvalue weighted by Crippen LogP contribution is 2.21. The fraction of sp³-hybridized carbons (Fsp3) is 0.474. The second-order valence-electron chi connectivity index (χ2n) is 6.64. The molecule has 0 radical (unpaired) electrons. The van der Waals surface area contributed by atoms with Crippen LogP contribution < -0.4 is 5.32 Å². The van der Waals surface area contributed by atoms with Crippen LogP contribution in [0.4, 0.5) is 4.39 Å². The van der Waals surface area contributed by atoms with Crippen LogP contribution >= 0.6 is 11.6 Å². The molecule has 1 saturated heterocycles. The van der Waals surface area contributed by atoms with Gasteiger partial charge >= 0.3 is 0 Å². The predicted octanol–water partition coefficient (Wildman–Crippen LogP) is 2.89. The molecule has 1 amide bonds. The standard InChI is InChI=1S/C19H24ClFN4O2/c1-27-10-9-24(13-14-4-5-15(21)11-17(14)20)19(26)18-6-8-25(23-18)16-3-2-7-22-12-16/h4-6,8,11,16,22H,2-3,7,9-10,12-13H2,1H3. The highest BCUT2D eigenvalue weighted by molar-refractivity contribution is 6.31. The van der Waals surface area contributed by atoms with Gasteiger partial charge in [0.2, 0.25) is 0 Å². The maximum absolute atomic E-state index is 13.3. The van der Waals surface area contributed by atoms with E-state index in [0.29, 0.717) is 29.4 Å². The summed E-state index contributed by atoms with van der Waals surface area (Å²) in [6, 6.07) is 6.19. The minimum atomic E-state index is -0.404. The van der Waals surface area contributed by atoms with E-state index >= 15 is 0 Å². The van der Waals surface area contributed by atoms with Gasteiger partial charge in [0.25, 0.3) is 5.91 Å². The summed E-state index contributed by atoms with van der Waals surface area (Å²) in [6.45, 7) is 2.92. The summed E-state index contributed by atoms with van der Waals surface area (Å²) in [6.07, 6.45) is 3.99. The van der Waals surface area contributed by atoms with Gasteiger partial charge in [-0.25, -0.2) is 4.39 Å². The summed E-state index contributed by atoms with van der Waals surface area (Å²) in [4.78, 5) is 14.6. The van der Waals surface area contributed by atoms with E-state index in [2.05, 4.69) is 10.4 Å². The highest BCUT2D eigenvalue weighted by Gasteiger charge is 2.22. The maximum Gasteiger partial charge on any atom is 0.274 e. The van der Waals surface area contributed by atoms with Gasteiger partial charge in [0, 0.05) is 38.0 Å². The first kappa shape index (κ1) is 19.8. The Morgan fingerprint density at radius 1 is 1.48 bits per heavy atom. The molecule has 1 N–H and O–H groups in total. The smallest absolute Gasteiger partial charge is 0.274 e. The number of hydrogen-bond acceptors (Lipinski definition) is 4. The van der Waals surface area contributed by atoms with E-state index in [9.17, 15) is 9.18 Å². The zero-order valence-electron chi connectivity index (χ0n) is 15.3. The van der Waals surface area contributed by atoms with Crippen LogP contribution in [0, 0.1) is 5.82 Å². The molecule has 2 heterocycles. The van der Waals surface area contributed by atoms with Gasteiger partial charge in [0.05, 0.1) is 12.6 Å². The highest BCUT2D eigenvalue weighted by atomic mass is 35.5. The predicted molar refractivity (Wildman–Crippen MR) is 101 cm³/mol. The van der Waals surface area contributed by atoms with Crippen molar-refractivity contribution in [1.29, 1.82) is 0 Å². The van der Waals surface area contributed by atoms with Crippen LogP contribution in [-0.2, 0) is 11.3 Å². The van der Waals surface area contributed by atoms with Crippen molar-refractivity contribution < 1.29 is 13.9 Å². The van der Waals surface area contributed by atoms with Crippen molar-refractivity contribution in [2.24, 2.45) is 0 Å². The molecule has 1 aromatic heterocycles. The van der Waals surface area contributed by atoms with Crippen LogP contribution in [0.5, 0.6) is 0 Å². The second kappa shape index (κ2) is 9.30. The molecule has 146 valence electrons. The van der Waals surface area contributed by atoms with Gasteiger partial charge in [0.1, 0.15) is 11.5 Å². The van der Waals surface area contributed by atoms with Crippen molar-refractivity contribution in [3.63, 3.8) is 0 Å². The molecule has 6 nitrogen and oxygen atoms in total. The molecular formula is C19H24ClFN4O2. The maximum atomic E-state index is 13.3. The molecule has 1 aliphatic heterocycles. The molecule has 1 atom stereocenters. The summed E-state index contributed by atoms with van der Waals surface area (Å²) >= 11 is 6.13. The lowest BCUT2D eigenvalue weighted by atomic mass is 10.1. The molecule has 8 heteroatoms. The molecule has 3 rings (SSSR count). The molecule has 0 spiro atoms. The number of nitrogens with zero attached hydrogens (tertiary/aromatic N) is 3. The normalized spacial score (nSPS) is 17.1. The minimum Gasteiger partial charge on any atom is -0.383 e. The minimum absolute atomic E-state index is 0.199. The first-order valence-corrected chi connectivity index (χ1v) is 9.44. The number of hydrogen-bond donors (Lipinski definition) is 1. The van der Waals surface area contributed by atoms with Crippen molar-refractivity contribution in [2.75, 3.05) is 33.4 Å². The molecule has 2 aromatic rings. The lowest BCUT2D eigenvalue weighted by molar-refractivity contribution is 0.0673. The monoisotopic (exact) mass is 394 g/mol. The first-order valence-electron chi connectivity index (χ1n) is 9.06. The van der Waals surface area contributed by atoms with E-state index in [0.717, 1.165) is 25.9 Å². The third-order valence-electron chi connectivity index (χ3n) is 4.70. The summed E-state index contributed by atoms with van der Waals surface area (Å²) in [5, 5.41) is 8.14. The van der Waals surface area contributed by atoms with Gasteiger partial charge in [-0.3, -0.25) is 9.48 Å². The van der Waals surface area contributed by atoms with Crippen LogP contribution in [-0.4, -0.2) is 53.9 Å². The lowest BCUT2D eigenvalue weighted by Crippen LogP contribution is -2.34. The van der Waals surface area contributed by atoms with E-state index in [-0.39, 0.29) is 18.5 Å². The lowest BCUT2D eigenvalue weighted by Gasteiger charge is -2.24. The van der Waals surface area contributed by atoms with E-state index in [1.54, 1.807) is 24.1 Å². The Morgan fingerprint density at radius 3 is 3.04 bits per heavy atom. The number of aromatic nitrogens is 2. The van der Waals surface area contributed by atoms with E-state index in [4.69, 9.17) is 16.3 Å². The summed E-state index contributed by atoms with van der Waals surface area (Å²) in [5.41, 5.74) is 1.06. The number of benzene rings is 1. The zero-order valence-corrected chi connectivity index (χ0v) is 16.1. The molecular weight excluding hydrogens is 371 g/mol. The van der Waals surface area contributed by atoms with Crippen molar-refractivity contribution in [3.8, 4) is 0 Å². The molecule has 0 bridgehead atoms. The zero-order chi connectivity index (χ0) is 19.2. The Kier molecular flexibility index (Phi) is 6.82. The quantitative estimate of drug-likeness (QED) is 0.784. The summed E-state index contributed by atoms with van der Waals surface area (Å²) in [5.74, 6) is -0.603. The number of carbonyl (C=O) groups excluding carboxylic acids is 1. The number of ether oxygens (including phenoxy) is 1. The number of rotatable bonds is 7. The van der Waals surface area contributed by atoms with Crippen LogP contribution in [0.1, 0.15) is 34.9 Å². The van der Waals surface area contributed by atoms with Gasteiger partial charge in [-0.1, -0.05) is 17.7 Å². The topological polar surface area (TPSA) is 59.4 Å². The van der Waals surface area contributed by atoms with E-state index in [1.165, 1.54) is 12.1 Å². The molecule has 0 aliphatic carbocycles. The van der Waals surface area contributed by atoms with Crippen molar-refractivity contribution >= 4 is 17.5 Å². The third-order valence-corrected chi connectivity index (χ3v) is 5.05. The average Bonchev–Trinajstić information content (AvgIpc) is 3.17. The average molecular weight is 395 g/mol. The van der Waals surface area contributed by atoms with Gasteiger partial charge in [-0.15, -0.1) is 0 Å². The Balaban J connectivity index is 1.75. The van der Waals surface area contributed by atoms with Crippen LogP contribution in [0.3, 0.4) is 0 Å². The van der Waals surface area contributed by atoms with E-state index < -0.39 is 5.82 Å². The Morgan fingerprint density at radius 2 is 2.33 bits per heavy atom. The Bertz CT molecular complexity index is 777. The first-order chi connectivity index (χ1) is 13.1. The third kappa shape index (κ3) is 5.06. The number of halogens is 2. The van der Waals surface area contributed by atoms with Gasteiger partial charge in [-0.05, 0) is 43.1 Å². The van der Waals surface area contributed by atoms with Crippen molar-refractivity contribution in [1.82, 2.24) is 20.0 Å². The Hall–Kier alpha value is -1.96.